The largest absolute Gasteiger partial charge is 0.487 e. The predicted octanol–water partition coefficient (Wildman–Crippen LogP) is 3.37. The summed E-state index contributed by atoms with van der Waals surface area (Å²) in [6.07, 6.45) is -3.20. The summed E-state index contributed by atoms with van der Waals surface area (Å²) < 4.78 is 50.3. The first-order valence-corrected chi connectivity index (χ1v) is 7.16. The second kappa shape index (κ2) is 7.13. The topological polar surface area (TPSA) is 30.5 Å². The van der Waals surface area contributed by atoms with Crippen LogP contribution >= 0.6 is 0 Å². The number of rotatable bonds is 5. The number of benzene rings is 1. The Labute approximate surface area is 122 Å². The van der Waals surface area contributed by atoms with Crippen LogP contribution in [0.25, 0.3) is 0 Å². The van der Waals surface area contributed by atoms with E-state index in [0.29, 0.717) is 31.9 Å². The maximum Gasteiger partial charge on any atom is 0.419 e. The summed E-state index contributed by atoms with van der Waals surface area (Å²) in [5.74, 6) is -0.113. The lowest BCUT2D eigenvalue weighted by atomic mass is 10.1. The van der Waals surface area contributed by atoms with Crippen molar-refractivity contribution in [1.29, 1.82) is 0 Å². The van der Waals surface area contributed by atoms with E-state index < -0.39 is 11.7 Å². The average molecular weight is 303 g/mol. The molecule has 1 aliphatic heterocycles. The van der Waals surface area contributed by atoms with E-state index in [0.717, 1.165) is 18.9 Å². The van der Waals surface area contributed by atoms with Crippen molar-refractivity contribution in [2.24, 2.45) is 0 Å². The molecule has 1 fully saturated rings. The van der Waals surface area contributed by atoms with Crippen LogP contribution in [-0.2, 0) is 17.5 Å². The van der Waals surface area contributed by atoms with Crippen molar-refractivity contribution in [3.8, 4) is 5.75 Å². The van der Waals surface area contributed by atoms with Crippen LogP contribution in [0, 0.1) is 0 Å². The lowest BCUT2D eigenvalue weighted by Gasteiger charge is -2.25. The molecule has 1 saturated heterocycles. The Morgan fingerprint density at radius 2 is 2.19 bits per heavy atom. The molecule has 0 aliphatic carbocycles. The molecule has 1 aliphatic rings. The molecule has 0 radical (unpaired) electrons. The lowest BCUT2D eigenvalue weighted by Crippen LogP contribution is -2.29. The Hall–Kier alpha value is -1.27. The quantitative estimate of drug-likeness (QED) is 0.904. The molecule has 21 heavy (non-hydrogen) atoms. The van der Waals surface area contributed by atoms with Gasteiger partial charge in [0.25, 0.3) is 0 Å². The number of ether oxygens (including phenoxy) is 2. The molecule has 1 aromatic carbocycles. The first-order valence-electron chi connectivity index (χ1n) is 7.16. The third-order valence-electron chi connectivity index (χ3n) is 3.34. The van der Waals surface area contributed by atoms with Gasteiger partial charge in [0.05, 0.1) is 12.2 Å². The van der Waals surface area contributed by atoms with Crippen LogP contribution in [0.5, 0.6) is 5.75 Å². The number of nitrogens with one attached hydrogen (secondary N) is 1. The van der Waals surface area contributed by atoms with Crippen molar-refractivity contribution in [3.05, 3.63) is 29.3 Å². The van der Waals surface area contributed by atoms with E-state index >= 15 is 0 Å². The molecular formula is C15H20F3NO2. The van der Waals surface area contributed by atoms with E-state index in [2.05, 4.69) is 5.32 Å². The van der Waals surface area contributed by atoms with Gasteiger partial charge in [0, 0.05) is 13.2 Å². The van der Waals surface area contributed by atoms with E-state index in [9.17, 15) is 13.2 Å². The zero-order chi connectivity index (χ0) is 15.3. The summed E-state index contributed by atoms with van der Waals surface area (Å²) in [4.78, 5) is 0. The van der Waals surface area contributed by atoms with Gasteiger partial charge in [-0.15, -0.1) is 0 Å². The minimum Gasteiger partial charge on any atom is -0.487 e. The molecular weight excluding hydrogens is 283 g/mol. The number of hydrogen-bond donors (Lipinski definition) is 1. The van der Waals surface area contributed by atoms with Crippen LogP contribution in [0.4, 0.5) is 13.2 Å². The van der Waals surface area contributed by atoms with Crippen LogP contribution in [0.3, 0.4) is 0 Å². The van der Waals surface area contributed by atoms with Gasteiger partial charge in [-0.3, -0.25) is 0 Å². The second-order valence-electron chi connectivity index (χ2n) is 5.07. The molecule has 0 aromatic heterocycles. The third-order valence-corrected chi connectivity index (χ3v) is 3.34. The summed E-state index contributed by atoms with van der Waals surface area (Å²) in [5.41, 5.74) is -0.125. The molecule has 3 nitrogen and oxygen atoms in total. The minimum atomic E-state index is -4.42. The van der Waals surface area contributed by atoms with Gasteiger partial charge in [0.1, 0.15) is 11.9 Å². The molecule has 0 bridgehead atoms. The summed E-state index contributed by atoms with van der Waals surface area (Å²) in [6.45, 7) is 4.01. The molecule has 1 atom stereocenters. The van der Waals surface area contributed by atoms with E-state index in [1.165, 1.54) is 6.07 Å². The van der Waals surface area contributed by atoms with Gasteiger partial charge >= 0.3 is 6.18 Å². The highest BCUT2D eigenvalue weighted by atomic mass is 19.4. The first kappa shape index (κ1) is 16.1. The van der Waals surface area contributed by atoms with Crippen LogP contribution in [-0.4, -0.2) is 25.9 Å². The molecule has 118 valence electrons. The van der Waals surface area contributed by atoms with E-state index in [1.54, 1.807) is 6.07 Å². The SMILES string of the molecule is CCNCc1ccc(OC2CCCOC2)c(C(F)(F)F)c1. The van der Waals surface area contributed by atoms with E-state index in [4.69, 9.17) is 9.47 Å². The number of alkyl halides is 3. The van der Waals surface area contributed by atoms with E-state index in [1.807, 2.05) is 6.92 Å². The van der Waals surface area contributed by atoms with Crippen molar-refractivity contribution >= 4 is 0 Å². The van der Waals surface area contributed by atoms with Gasteiger partial charge in [-0.05, 0) is 37.1 Å². The number of hydrogen-bond acceptors (Lipinski definition) is 3. The lowest BCUT2D eigenvalue weighted by molar-refractivity contribution is -0.139. The van der Waals surface area contributed by atoms with Gasteiger partial charge in [0.15, 0.2) is 0 Å². The maximum absolute atomic E-state index is 13.2. The maximum atomic E-state index is 13.2. The Morgan fingerprint density at radius 1 is 1.38 bits per heavy atom. The Morgan fingerprint density at radius 3 is 2.81 bits per heavy atom. The highest BCUT2D eigenvalue weighted by Crippen LogP contribution is 2.37. The summed E-state index contributed by atoms with van der Waals surface area (Å²) in [5, 5.41) is 3.02. The van der Waals surface area contributed by atoms with Crippen LogP contribution in [0.2, 0.25) is 0 Å². The molecule has 0 spiro atoms. The normalized spacial score (nSPS) is 19.5. The fourth-order valence-electron chi connectivity index (χ4n) is 2.26. The van der Waals surface area contributed by atoms with Gasteiger partial charge in [0.2, 0.25) is 0 Å². The van der Waals surface area contributed by atoms with Crippen LogP contribution in [0.15, 0.2) is 18.2 Å². The predicted molar refractivity (Wildman–Crippen MR) is 73.3 cm³/mol. The first-order chi connectivity index (χ1) is 10.0. The van der Waals surface area contributed by atoms with Crippen molar-refractivity contribution < 1.29 is 22.6 Å². The minimum absolute atomic E-state index is 0.113. The van der Waals surface area contributed by atoms with Gasteiger partial charge in [-0.25, -0.2) is 0 Å². The second-order valence-corrected chi connectivity index (χ2v) is 5.07. The van der Waals surface area contributed by atoms with Gasteiger partial charge in [-0.2, -0.15) is 13.2 Å². The molecule has 6 heteroatoms. The van der Waals surface area contributed by atoms with Gasteiger partial charge in [-0.1, -0.05) is 13.0 Å². The zero-order valence-electron chi connectivity index (χ0n) is 12.0. The molecule has 2 rings (SSSR count). The van der Waals surface area contributed by atoms with Crippen LogP contribution < -0.4 is 10.1 Å². The molecule has 1 aromatic rings. The van der Waals surface area contributed by atoms with Crippen molar-refractivity contribution in [3.63, 3.8) is 0 Å². The fraction of sp³-hybridized carbons (Fsp3) is 0.600. The van der Waals surface area contributed by atoms with Crippen molar-refractivity contribution in [2.75, 3.05) is 19.8 Å². The highest BCUT2D eigenvalue weighted by molar-refractivity contribution is 5.39. The van der Waals surface area contributed by atoms with E-state index in [-0.39, 0.29) is 11.9 Å². The smallest absolute Gasteiger partial charge is 0.419 e. The molecule has 0 saturated carbocycles. The Balaban J connectivity index is 2.18. The highest BCUT2D eigenvalue weighted by Gasteiger charge is 2.35. The molecule has 1 heterocycles. The molecule has 1 N–H and O–H groups in total. The average Bonchev–Trinajstić information content (AvgIpc) is 2.46. The molecule has 0 amide bonds. The summed E-state index contributed by atoms with van der Waals surface area (Å²) >= 11 is 0. The van der Waals surface area contributed by atoms with Crippen molar-refractivity contribution in [2.45, 2.75) is 38.6 Å². The monoisotopic (exact) mass is 303 g/mol. The van der Waals surface area contributed by atoms with Gasteiger partial charge < -0.3 is 14.8 Å². The zero-order valence-corrected chi connectivity index (χ0v) is 12.0. The third kappa shape index (κ3) is 4.61. The Kier molecular flexibility index (Phi) is 5.47. The summed E-state index contributed by atoms with van der Waals surface area (Å²) in [6, 6.07) is 4.22. The molecule has 1 unspecified atom stereocenters. The summed E-state index contributed by atoms with van der Waals surface area (Å²) in [7, 11) is 0. The Bertz CT molecular complexity index is 457. The van der Waals surface area contributed by atoms with Crippen LogP contribution in [0.1, 0.15) is 30.9 Å². The standard InChI is InChI=1S/C15H20F3NO2/c1-2-19-9-11-5-6-14(13(8-11)15(16,17)18)21-12-4-3-7-20-10-12/h5-6,8,12,19H,2-4,7,9-10H2,1H3. The number of halogens is 3. The van der Waals surface area contributed by atoms with Crippen molar-refractivity contribution in [1.82, 2.24) is 5.32 Å². The fourth-order valence-corrected chi connectivity index (χ4v) is 2.26.